The number of carbonyl (C=O) groups excluding carboxylic acids is 1. The Morgan fingerprint density at radius 3 is 1.72 bits per heavy atom. The maximum Gasteiger partial charge on any atom is 0.426 e. The molecule has 0 fully saturated rings. The second-order valence-electron chi connectivity index (χ2n) is 6.96. The van der Waals surface area contributed by atoms with Crippen molar-refractivity contribution < 1.29 is 45.7 Å². The maximum absolute atomic E-state index is 12.6. The summed E-state index contributed by atoms with van der Waals surface area (Å²) in [5.41, 5.74) is -6.90. The molecule has 0 aliphatic carbocycles. The summed E-state index contributed by atoms with van der Waals surface area (Å²) < 4.78 is 85.3. The second-order valence-corrected chi connectivity index (χ2v) is 6.96. The molecule has 0 bridgehead atoms. The Balaban J connectivity index is 5.10. The maximum atomic E-state index is 12.6. The van der Waals surface area contributed by atoms with Gasteiger partial charge in [0.25, 0.3) is 5.60 Å². The molecule has 1 N–H and O–H groups in total. The summed E-state index contributed by atoms with van der Waals surface area (Å²) in [6, 6.07) is 0. The van der Waals surface area contributed by atoms with Crippen molar-refractivity contribution in [3.05, 3.63) is 0 Å². The van der Waals surface area contributed by atoms with Gasteiger partial charge in [-0.3, -0.25) is 4.79 Å². The Labute approximate surface area is 142 Å². The molecule has 0 amide bonds. The van der Waals surface area contributed by atoms with Gasteiger partial charge in [-0.15, -0.1) is 0 Å². The first-order valence-electron chi connectivity index (χ1n) is 7.55. The number of hydrogen-bond acceptors (Lipinski definition) is 4. The van der Waals surface area contributed by atoms with Crippen LogP contribution >= 0.6 is 0 Å². The van der Waals surface area contributed by atoms with Crippen molar-refractivity contribution in [2.45, 2.75) is 59.0 Å². The van der Waals surface area contributed by atoms with Crippen LogP contribution in [0.2, 0.25) is 0 Å². The molecular weight excluding hydrogens is 358 g/mol. The van der Waals surface area contributed by atoms with E-state index in [9.17, 15) is 31.1 Å². The van der Waals surface area contributed by atoms with E-state index in [0.29, 0.717) is 0 Å². The van der Waals surface area contributed by atoms with Crippen molar-refractivity contribution in [1.29, 1.82) is 0 Å². The third-order valence-corrected chi connectivity index (χ3v) is 4.32. The minimum atomic E-state index is -5.90. The normalized spacial score (nSPS) is 16.5. The number of rotatable bonds is 7. The SMILES string of the molecule is CCOC(=O)C(C)(COCCC(O)(C(F)(F)F)C(F)(F)F)C(C)(C)C. The number of esters is 1. The summed E-state index contributed by atoms with van der Waals surface area (Å²) in [5.74, 6) is -0.676. The third kappa shape index (κ3) is 5.22. The van der Waals surface area contributed by atoms with Gasteiger partial charge in [0.05, 0.1) is 25.2 Å². The molecule has 0 saturated heterocycles. The second kappa shape index (κ2) is 7.69. The number of ether oxygens (including phenoxy) is 2. The average Bonchev–Trinajstić information content (AvgIpc) is 2.39. The Kier molecular flexibility index (Phi) is 7.37. The smallest absolute Gasteiger partial charge is 0.426 e. The van der Waals surface area contributed by atoms with Crippen molar-refractivity contribution in [3.8, 4) is 0 Å². The molecular formula is C15H24F6O4. The van der Waals surface area contributed by atoms with Crippen LogP contribution in [-0.4, -0.2) is 48.9 Å². The molecule has 0 aromatic rings. The number of hydrogen-bond donors (Lipinski definition) is 1. The molecule has 1 atom stereocenters. The van der Waals surface area contributed by atoms with Gasteiger partial charge in [0.1, 0.15) is 0 Å². The number of carbonyl (C=O) groups is 1. The highest BCUT2D eigenvalue weighted by molar-refractivity contribution is 5.77. The van der Waals surface area contributed by atoms with Crippen LogP contribution < -0.4 is 0 Å². The summed E-state index contributed by atoms with van der Waals surface area (Å²) in [5, 5.41) is 9.05. The van der Waals surface area contributed by atoms with Crippen molar-refractivity contribution in [3.63, 3.8) is 0 Å². The van der Waals surface area contributed by atoms with Gasteiger partial charge in [0, 0.05) is 6.42 Å². The zero-order chi connectivity index (χ0) is 20.3. The summed E-state index contributed by atoms with van der Waals surface area (Å²) in [4.78, 5) is 12.1. The van der Waals surface area contributed by atoms with Crippen molar-refractivity contribution >= 4 is 5.97 Å². The molecule has 1 unspecified atom stereocenters. The van der Waals surface area contributed by atoms with E-state index in [2.05, 4.69) is 0 Å². The van der Waals surface area contributed by atoms with E-state index in [1.165, 1.54) is 6.92 Å². The summed E-state index contributed by atoms with van der Waals surface area (Å²) in [6.45, 7) is 6.56. The molecule has 150 valence electrons. The van der Waals surface area contributed by atoms with Gasteiger partial charge in [-0.05, 0) is 19.3 Å². The van der Waals surface area contributed by atoms with Crippen LogP contribution in [0.15, 0.2) is 0 Å². The minimum Gasteiger partial charge on any atom is -0.465 e. The lowest BCUT2D eigenvalue weighted by Gasteiger charge is -2.39. The van der Waals surface area contributed by atoms with E-state index in [4.69, 9.17) is 14.6 Å². The van der Waals surface area contributed by atoms with E-state index >= 15 is 0 Å². The Morgan fingerprint density at radius 1 is 0.960 bits per heavy atom. The third-order valence-electron chi connectivity index (χ3n) is 4.32. The molecule has 0 spiro atoms. The highest BCUT2D eigenvalue weighted by Gasteiger charge is 2.69. The monoisotopic (exact) mass is 382 g/mol. The lowest BCUT2D eigenvalue weighted by Crippen LogP contribution is -2.57. The predicted octanol–water partition coefficient (Wildman–Crippen LogP) is 3.86. The summed E-state index contributed by atoms with van der Waals surface area (Å²) in [7, 11) is 0. The van der Waals surface area contributed by atoms with Gasteiger partial charge < -0.3 is 14.6 Å². The lowest BCUT2D eigenvalue weighted by molar-refractivity contribution is -0.371. The largest absolute Gasteiger partial charge is 0.465 e. The van der Waals surface area contributed by atoms with E-state index < -0.39 is 54.4 Å². The fourth-order valence-corrected chi connectivity index (χ4v) is 1.81. The molecule has 0 radical (unpaired) electrons. The van der Waals surface area contributed by atoms with Crippen LogP contribution in [0.5, 0.6) is 0 Å². The highest BCUT2D eigenvalue weighted by atomic mass is 19.4. The quantitative estimate of drug-likeness (QED) is 0.413. The molecule has 0 saturated carbocycles. The van der Waals surface area contributed by atoms with Crippen molar-refractivity contribution in [2.75, 3.05) is 19.8 Å². The first-order chi connectivity index (χ1) is 10.9. The molecule has 25 heavy (non-hydrogen) atoms. The van der Waals surface area contributed by atoms with Crippen LogP contribution in [0.3, 0.4) is 0 Å². The zero-order valence-corrected chi connectivity index (χ0v) is 14.8. The highest BCUT2D eigenvalue weighted by Crippen LogP contribution is 2.45. The molecule has 0 aliphatic rings. The fraction of sp³-hybridized carbons (Fsp3) is 0.933. The molecule has 10 heteroatoms. The fourth-order valence-electron chi connectivity index (χ4n) is 1.81. The molecule has 0 rings (SSSR count). The van der Waals surface area contributed by atoms with Gasteiger partial charge in [-0.25, -0.2) is 0 Å². The standard InChI is InChI=1S/C15H24F6O4/c1-6-25-10(22)12(5,11(2,3)4)9-24-8-7-13(23,14(16,17)18)15(19,20)21/h23H,6-9H2,1-5H3. The topological polar surface area (TPSA) is 55.8 Å². The Morgan fingerprint density at radius 2 is 1.40 bits per heavy atom. The first kappa shape index (κ1) is 24.0. The molecule has 0 heterocycles. The molecule has 0 aromatic heterocycles. The Bertz CT molecular complexity index is 438. The van der Waals surface area contributed by atoms with E-state index in [1.54, 1.807) is 27.7 Å². The van der Waals surface area contributed by atoms with Gasteiger partial charge in [-0.2, -0.15) is 26.3 Å². The van der Waals surface area contributed by atoms with Crippen molar-refractivity contribution in [2.24, 2.45) is 10.8 Å². The van der Waals surface area contributed by atoms with Crippen LogP contribution in [0.1, 0.15) is 41.0 Å². The van der Waals surface area contributed by atoms with Crippen LogP contribution in [0, 0.1) is 10.8 Å². The number of halogens is 6. The molecule has 0 aromatic carbocycles. The van der Waals surface area contributed by atoms with E-state index in [-0.39, 0.29) is 6.61 Å². The zero-order valence-electron chi connectivity index (χ0n) is 14.8. The predicted molar refractivity (Wildman–Crippen MR) is 76.7 cm³/mol. The van der Waals surface area contributed by atoms with Crippen LogP contribution in [0.25, 0.3) is 0 Å². The van der Waals surface area contributed by atoms with Crippen LogP contribution in [0.4, 0.5) is 26.3 Å². The summed E-state index contributed by atoms with van der Waals surface area (Å²) >= 11 is 0. The number of alkyl halides is 6. The van der Waals surface area contributed by atoms with Gasteiger partial charge >= 0.3 is 18.3 Å². The van der Waals surface area contributed by atoms with Crippen molar-refractivity contribution in [1.82, 2.24) is 0 Å². The van der Waals surface area contributed by atoms with Gasteiger partial charge in [0.2, 0.25) is 0 Å². The van der Waals surface area contributed by atoms with Gasteiger partial charge in [0.15, 0.2) is 0 Å². The number of aliphatic hydroxyl groups is 1. The molecule has 4 nitrogen and oxygen atoms in total. The van der Waals surface area contributed by atoms with E-state index in [1.807, 2.05) is 0 Å². The summed E-state index contributed by atoms with van der Waals surface area (Å²) in [6.07, 6.45) is -13.5. The lowest BCUT2D eigenvalue weighted by atomic mass is 9.68. The van der Waals surface area contributed by atoms with Crippen LogP contribution in [-0.2, 0) is 14.3 Å². The van der Waals surface area contributed by atoms with Gasteiger partial charge in [-0.1, -0.05) is 20.8 Å². The first-order valence-corrected chi connectivity index (χ1v) is 7.55. The Hall–Kier alpha value is -1.03. The average molecular weight is 382 g/mol. The molecule has 0 aliphatic heterocycles. The van der Waals surface area contributed by atoms with E-state index in [0.717, 1.165) is 0 Å². The minimum absolute atomic E-state index is 0.0619.